The van der Waals surface area contributed by atoms with Gasteiger partial charge in [0.25, 0.3) is 0 Å². The predicted octanol–water partition coefficient (Wildman–Crippen LogP) is 1.25. The lowest BCUT2D eigenvalue weighted by Gasteiger charge is -2.34. The molecule has 0 heterocycles. The number of hydrogen-bond donors (Lipinski definition) is 1. The quantitative estimate of drug-likeness (QED) is 0.549. The van der Waals surface area contributed by atoms with Crippen LogP contribution in [-0.2, 0) is 9.59 Å². The lowest BCUT2D eigenvalue weighted by atomic mass is 9.89. The summed E-state index contributed by atoms with van der Waals surface area (Å²) in [5.41, 5.74) is -0.946. The molecule has 0 aromatic rings. The van der Waals surface area contributed by atoms with E-state index in [0.717, 1.165) is 25.7 Å². The van der Waals surface area contributed by atoms with Crippen LogP contribution in [0.4, 0.5) is 0 Å². The highest BCUT2D eigenvalue weighted by molar-refractivity contribution is 5.81. The molecule has 0 radical (unpaired) electrons. The summed E-state index contributed by atoms with van der Waals surface area (Å²) >= 11 is 0. The van der Waals surface area contributed by atoms with Crippen molar-refractivity contribution in [1.29, 1.82) is 0 Å². The second kappa shape index (κ2) is 4.44. The van der Waals surface area contributed by atoms with Crippen molar-refractivity contribution in [2.45, 2.75) is 44.1 Å². The fourth-order valence-corrected chi connectivity index (χ4v) is 2.13. The van der Waals surface area contributed by atoms with Crippen molar-refractivity contribution >= 4 is 12.4 Å². The fraction of sp³-hybridized carbons (Fsp3) is 0.800. The van der Waals surface area contributed by atoms with Gasteiger partial charge in [-0.3, -0.25) is 4.79 Å². The molecule has 14 heavy (non-hydrogen) atoms. The van der Waals surface area contributed by atoms with Gasteiger partial charge in [-0.25, -0.2) is 4.79 Å². The number of amides is 1. The largest absolute Gasteiger partial charge is 0.479 e. The van der Waals surface area contributed by atoms with Crippen LogP contribution < -0.4 is 0 Å². The number of likely N-dealkylation sites (N-methyl/N-ethyl adjacent to an activating group) is 1. The molecule has 0 atom stereocenters. The molecule has 1 rings (SSSR count). The number of carboxylic acid groups (broad SMARTS) is 1. The van der Waals surface area contributed by atoms with Gasteiger partial charge in [-0.05, 0) is 12.8 Å². The molecule has 0 spiro atoms. The first-order valence-corrected chi connectivity index (χ1v) is 5.05. The molecule has 4 nitrogen and oxygen atoms in total. The summed E-state index contributed by atoms with van der Waals surface area (Å²) in [6, 6.07) is 0. The normalized spacial score (nSPS) is 20.9. The average Bonchev–Trinajstić information content (AvgIpc) is 2.42. The smallest absolute Gasteiger partial charge is 0.329 e. The van der Waals surface area contributed by atoms with Gasteiger partial charge in [0.05, 0.1) is 0 Å². The molecule has 1 aliphatic carbocycles. The summed E-state index contributed by atoms with van der Waals surface area (Å²) < 4.78 is 0. The van der Waals surface area contributed by atoms with E-state index in [9.17, 15) is 14.7 Å². The second-order valence-electron chi connectivity index (χ2n) is 3.97. The highest BCUT2D eigenvalue weighted by Gasteiger charge is 2.41. The average molecular weight is 199 g/mol. The first-order valence-electron chi connectivity index (χ1n) is 5.05. The van der Waals surface area contributed by atoms with E-state index in [1.54, 1.807) is 7.05 Å². The summed E-state index contributed by atoms with van der Waals surface area (Å²) in [4.78, 5) is 23.2. The maximum absolute atomic E-state index is 11.2. The molecule has 0 aromatic carbocycles. The van der Waals surface area contributed by atoms with Crippen molar-refractivity contribution in [3.05, 3.63) is 0 Å². The van der Waals surface area contributed by atoms with Gasteiger partial charge in [0, 0.05) is 7.05 Å². The fourth-order valence-electron chi connectivity index (χ4n) is 2.13. The zero-order chi connectivity index (χ0) is 10.6. The summed E-state index contributed by atoms with van der Waals surface area (Å²) in [7, 11) is 1.56. The Hall–Kier alpha value is -1.06. The highest BCUT2D eigenvalue weighted by atomic mass is 16.4. The predicted molar refractivity (Wildman–Crippen MR) is 51.9 cm³/mol. The van der Waals surface area contributed by atoms with Crippen molar-refractivity contribution in [2.75, 3.05) is 7.05 Å². The lowest BCUT2D eigenvalue weighted by Crippen LogP contribution is -2.52. The minimum Gasteiger partial charge on any atom is -0.479 e. The van der Waals surface area contributed by atoms with E-state index in [1.807, 2.05) is 0 Å². The van der Waals surface area contributed by atoms with Crippen LogP contribution in [0.1, 0.15) is 38.5 Å². The minimum atomic E-state index is -0.946. The molecule has 1 fully saturated rings. The molecule has 0 aliphatic heterocycles. The van der Waals surface area contributed by atoms with Gasteiger partial charge in [0.2, 0.25) is 6.41 Å². The van der Waals surface area contributed by atoms with Crippen LogP contribution in [0.15, 0.2) is 0 Å². The lowest BCUT2D eigenvalue weighted by molar-refractivity contribution is -0.155. The van der Waals surface area contributed by atoms with Crippen molar-refractivity contribution in [3.8, 4) is 0 Å². The first kappa shape index (κ1) is 11.0. The maximum atomic E-state index is 11.2. The number of carbonyl (C=O) groups excluding carboxylic acids is 1. The Morgan fingerprint density at radius 2 is 1.79 bits per heavy atom. The van der Waals surface area contributed by atoms with E-state index in [4.69, 9.17) is 0 Å². The third kappa shape index (κ3) is 1.89. The van der Waals surface area contributed by atoms with Crippen molar-refractivity contribution in [2.24, 2.45) is 0 Å². The number of hydrogen-bond acceptors (Lipinski definition) is 2. The first-order chi connectivity index (χ1) is 6.63. The molecular formula is C10H17NO3. The standard InChI is InChI=1S/C10H17NO3/c1-11(8-12)10(9(13)14)6-4-2-3-5-7-10/h8H,2-7H2,1H3,(H,13,14). The van der Waals surface area contributed by atoms with Crippen LogP contribution >= 0.6 is 0 Å². The third-order valence-electron chi connectivity index (χ3n) is 3.16. The monoisotopic (exact) mass is 199 g/mol. The Labute approximate surface area is 83.9 Å². The highest BCUT2D eigenvalue weighted by Crippen LogP contribution is 2.31. The molecule has 1 amide bonds. The van der Waals surface area contributed by atoms with Crippen LogP contribution in [-0.4, -0.2) is 35.0 Å². The van der Waals surface area contributed by atoms with Crippen LogP contribution in [0, 0.1) is 0 Å². The minimum absolute atomic E-state index is 0.581. The van der Waals surface area contributed by atoms with Crippen molar-refractivity contribution < 1.29 is 14.7 Å². The molecule has 80 valence electrons. The summed E-state index contributed by atoms with van der Waals surface area (Å²) in [6.45, 7) is 0. The van der Waals surface area contributed by atoms with Crippen LogP contribution in [0.25, 0.3) is 0 Å². The molecule has 0 bridgehead atoms. The van der Waals surface area contributed by atoms with Gasteiger partial charge >= 0.3 is 5.97 Å². The number of carbonyl (C=O) groups is 2. The number of rotatable bonds is 3. The zero-order valence-corrected chi connectivity index (χ0v) is 8.53. The Morgan fingerprint density at radius 3 is 2.14 bits per heavy atom. The molecule has 0 aromatic heterocycles. The third-order valence-corrected chi connectivity index (χ3v) is 3.16. The van der Waals surface area contributed by atoms with Crippen molar-refractivity contribution in [3.63, 3.8) is 0 Å². The number of aliphatic carboxylic acids is 1. The summed E-state index contributed by atoms with van der Waals surface area (Å²) in [5.74, 6) is -0.867. The van der Waals surface area contributed by atoms with E-state index >= 15 is 0 Å². The van der Waals surface area contributed by atoms with Crippen LogP contribution in [0.5, 0.6) is 0 Å². The van der Waals surface area contributed by atoms with Crippen LogP contribution in [0.2, 0.25) is 0 Å². The van der Waals surface area contributed by atoms with Gasteiger partial charge < -0.3 is 10.0 Å². The molecule has 1 N–H and O–H groups in total. The van der Waals surface area contributed by atoms with Gasteiger partial charge in [-0.15, -0.1) is 0 Å². The van der Waals surface area contributed by atoms with Crippen molar-refractivity contribution in [1.82, 2.24) is 4.90 Å². The Morgan fingerprint density at radius 1 is 1.29 bits per heavy atom. The molecule has 4 heteroatoms. The van der Waals surface area contributed by atoms with Gasteiger partial charge in [-0.1, -0.05) is 25.7 Å². The van der Waals surface area contributed by atoms with Crippen LogP contribution in [0.3, 0.4) is 0 Å². The van der Waals surface area contributed by atoms with E-state index in [1.165, 1.54) is 4.90 Å². The Kier molecular flexibility index (Phi) is 3.49. The van der Waals surface area contributed by atoms with Gasteiger partial charge in [0.15, 0.2) is 0 Å². The topological polar surface area (TPSA) is 57.6 Å². The molecule has 0 unspecified atom stereocenters. The zero-order valence-electron chi connectivity index (χ0n) is 8.53. The van der Waals surface area contributed by atoms with E-state index in [2.05, 4.69) is 0 Å². The van der Waals surface area contributed by atoms with E-state index in [-0.39, 0.29) is 0 Å². The van der Waals surface area contributed by atoms with Gasteiger partial charge in [0.1, 0.15) is 5.54 Å². The summed E-state index contributed by atoms with van der Waals surface area (Å²) in [6.07, 6.45) is 5.72. The molecular weight excluding hydrogens is 182 g/mol. The summed E-state index contributed by atoms with van der Waals surface area (Å²) in [5, 5.41) is 9.21. The maximum Gasteiger partial charge on any atom is 0.329 e. The molecule has 0 saturated heterocycles. The molecule has 1 saturated carbocycles. The molecule has 1 aliphatic rings. The SMILES string of the molecule is CN(C=O)C1(C(=O)O)CCCCCC1. The second-order valence-corrected chi connectivity index (χ2v) is 3.97. The van der Waals surface area contributed by atoms with E-state index < -0.39 is 11.5 Å². The number of nitrogens with zero attached hydrogens (tertiary/aromatic N) is 1. The Balaban J connectivity index is 2.88. The Bertz CT molecular complexity index is 219. The van der Waals surface area contributed by atoms with Gasteiger partial charge in [-0.2, -0.15) is 0 Å². The van der Waals surface area contributed by atoms with E-state index in [0.29, 0.717) is 19.3 Å². The number of carboxylic acids is 1.